The molecule has 1 aromatic carbocycles. The highest BCUT2D eigenvalue weighted by atomic mass is 16.5. The van der Waals surface area contributed by atoms with Crippen molar-refractivity contribution in [1.29, 1.82) is 0 Å². The molecule has 0 radical (unpaired) electrons. The summed E-state index contributed by atoms with van der Waals surface area (Å²) in [4.78, 5) is 0. The van der Waals surface area contributed by atoms with E-state index in [1.54, 1.807) is 0 Å². The fourth-order valence-electron chi connectivity index (χ4n) is 2.42. The second-order valence-corrected chi connectivity index (χ2v) is 4.78. The molecule has 0 spiro atoms. The second kappa shape index (κ2) is 6.65. The number of nitrogens with one attached hydrogen (secondary N) is 1. The maximum Gasteiger partial charge on any atom is 0.119 e. The molecule has 1 aromatic rings. The van der Waals surface area contributed by atoms with Gasteiger partial charge >= 0.3 is 0 Å². The molecule has 0 atom stereocenters. The third-order valence-corrected chi connectivity index (χ3v) is 3.47. The first-order valence-corrected chi connectivity index (χ1v) is 6.83. The average molecular weight is 233 g/mol. The first-order valence-electron chi connectivity index (χ1n) is 6.83. The zero-order chi connectivity index (χ0) is 11.9. The number of hydrogen-bond donors (Lipinski definition) is 1. The highest BCUT2D eigenvalue weighted by Crippen LogP contribution is 2.17. The van der Waals surface area contributed by atoms with E-state index in [0.717, 1.165) is 31.4 Å². The van der Waals surface area contributed by atoms with E-state index in [9.17, 15) is 0 Å². The Kier molecular flexibility index (Phi) is 4.87. The van der Waals surface area contributed by atoms with Crippen LogP contribution < -0.4 is 10.1 Å². The predicted octanol–water partition coefficient (Wildman–Crippen LogP) is 3.16. The van der Waals surface area contributed by atoms with Crippen LogP contribution in [0.3, 0.4) is 0 Å². The molecule has 17 heavy (non-hydrogen) atoms. The number of aryl methyl sites for hydroxylation is 1. The summed E-state index contributed by atoms with van der Waals surface area (Å²) < 4.78 is 5.75. The van der Waals surface area contributed by atoms with Gasteiger partial charge in [-0.3, -0.25) is 0 Å². The molecule has 0 aliphatic heterocycles. The number of benzene rings is 1. The van der Waals surface area contributed by atoms with Gasteiger partial charge in [0.15, 0.2) is 0 Å². The first-order chi connectivity index (χ1) is 8.38. The van der Waals surface area contributed by atoms with E-state index in [4.69, 9.17) is 4.74 Å². The quantitative estimate of drug-likeness (QED) is 0.762. The maximum absolute atomic E-state index is 5.75. The van der Waals surface area contributed by atoms with E-state index in [2.05, 4.69) is 30.4 Å². The molecular weight excluding hydrogens is 210 g/mol. The third kappa shape index (κ3) is 4.04. The van der Waals surface area contributed by atoms with Gasteiger partial charge < -0.3 is 10.1 Å². The molecule has 94 valence electrons. The van der Waals surface area contributed by atoms with Gasteiger partial charge in [-0.25, -0.2) is 0 Å². The van der Waals surface area contributed by atoms with Crippen LogP contribution in [0.1, 0.15) is 38.2 Å². The summed E-state index contributed by atoms with van der Waals surface area (Å²) in [5.74, 6) is 0.998. The van der Waals surface area contributed by atoms with Crippen LogP contribution in [0.2, 0.25) is 0 Å². The Morgan fingerprint density at radius 1 is 1.29 bits per heavy atom. The molecule has 1 aliphatic carbocycles. The van der Waals surface area contributed by atoms with Crippen molar-refractivity contribution in [2.45, 2.75) is 45.1 Å². The average Bonchev–Trinajstić information content (AvgIpc) is 2.88. The lowest BCUT2D eigenvalue weighted by atomic mass is 10.2. The van der Waals surface area contributed by atoms with Gasteiger partial charge in [-0.15, -0.1) is 0 Å². The van der Waals surface area contributed by atoms with Crippen LogP contribution >= 0.6 is 0 Å². The maximum atomic E-state index is 5.75. The van der Waals surface area contributed by atoms with Crippen LogP contribution in [-0.4, -0.2) is 19.2 Å². The zero-order valence-corrected chi connectivity index (χ0v) is 10.7. The van der Waals surface area contributed by atoms with Gasteiger partial charge in [-0.05, 0) is 37.0 Å². The van der Waals surface area contributed by atoms with Crippen molar-refractivity contribution < 1.29 is 4.74 Å². The van der Waals surface area contributed by atoms with Gasteiger partial charge in [0.25, 0.3) is 0 Å². The summed E-state index contributed by atoms with van der Waals surface area (Å²) >= 11 is 0. The molecule has 1 saturated carbocycles. The highest BCUT2D eigenvalue weighted by Gasteiger charge is 2.13. The van der Waals surface area contributed by atoms with Crippen LogP contribution in [-0.2, 0) is 6.42 Å². The number of hydrogen-bond acceptors (Lipinski definition) is 2. The molecule has 0 unspecified atom stereocenters. The summed E-state index contributed by atoms with van der Waals surface area (Å²) in [5, 5.41) is 3.56. The Hall–Kier alpha value is -1.02. The molecule has 0 saturated heterocycles. The van der Waals surface area contributed by atoms with Crippen molar-refractivity contribution in [3.05, 3.63) is 29.8 Å². The molecule has 2 heteroatoms. The molecule has 0 aromatic heterocycles. The van der Waals surface area contributed by atoms with Crippen molar-refractivity contribution in [1.82, 2.24) is 5.32 Å². The molecule has 0 amide bonds. The van der Waals surface area contributed by atoms with E-state index in [1.807, 2.05) is 6.07 Å². The Bertz CT molecular complexity index is 331. The fourth-order valence-corrected chi connectivity index (χ4v) is 2.42. The summed E-state index contributed by atoms with van der Waals surface area (Å²) in [6, 6.07) is 9.12. The molecular formula is C15H23NO. The van der Waals surface area contributed by atoms with Gasteiger partial charge in [-0.1, -0.05) is 31.9 Å². The van der Waals surface area contributed by atoms with Crippen LogP contribution in [0.5, 0.6) is 5.75 Å². The van der Waals surface area contributed by atoms with Crippen molar-refractivity contribution in [2.24, 2.45) is 0 Å². The third-order valence-electron chi connectivity index (χ3n) is 3.47. The molecule has 2 nitrogen and oxygen atoms in total. The fraction of sp³-hybridized carbons (Fsp3) is 0.600. The first kappa shape index (κ1) is 12.4. The summed E-state index contributed by atoms with van der Waals surface area (Å²) in [6.07, 6.45) is 6.52. The molecule has 1 N–H and O–H groups in total. The van der Waals surface area contributed by atoms with E-state index in [0.29, 0.717) is 0 Å². The standard InChI is InChI=1S/C15H23NO/c1-2-13-6-5-9-15(12-13)17-11-10-16-14-7-3-4-8-14/h5-6,9,12,14,16H,2-4,7-8,10-11H2,1H3. The van der Waals surface area contributed by atoms with E-state index >= 15 is 0 Å². The monoisotopic (exact) mass is 233 g/mol. The van der Waals surface area contributed by atoms with E-state index in [-0.39, 0.29) is 0 Å². The van der Waals surface area contributed by atoms with Crippen LogP contribution in [0.4, 0.5) is 0 Å². The topological polar surface area (TPSA) is 21.3 Å². The summed E-state index contributed by atoms with van der Waals surface area (Å²) in [7, 11) is 0. The summed E-state index contributed by atoms with van der Waals surface area (Å²) in [5.41, 5.74) is 1.34. The number of ether oxygens (including phenoxy) is 1. The molecule has 1 aliphatic rings. The van der Waals surface area contributed by atoms with Gasteiger partial charge in [0.2, 0.25) is 0 Å². The van der Waals surface area contributed by atoms with Gasteiger partial charge in [0.1, 0.15) is 12.4 Å². The van der Waals surface area contributed by atoms with Crippen molar-refractivity contribution in [2.75, 3.05) is 13.2 Å². The molecule has 2 rings (SSSR count). The molecule has 0 heterocycles. The largest absolute Gasteiger partial charge is 0.492 e. The van der Waals surface area contributed by atoms with Crippen molar-refractivity contribution >= 4 is 0 Å². The van der Waals surface area contributed by atoms with Crippen molar-refractivity contribution in [3.63, 3.8) is 0 Å². The zero-order valence-electron chi connectivity index (χ0n) is 10.7. The highest BCUT2D eigenvalue weighted by molar-refractivity contribution is 5.28. The van der Waals surface area contributed by atoms with Crippen LogP contribution in [0.15, 0.2) is 24.3 Å². The lowest BCUT2D eigenvalue weighted by Gasteiger charge is -2.12. The minimum atomic E-state index is 0.737. The SMILES string of the molecule is CCc1cccc(OCCNC2CCCC2)c1. The minimum absolute atomic E-state index is 0.737. The van der Waals surface area contributed by atoms with Gasteiger partial charge in [0, 0.05) is 12.6 Å². The Balaban J connectivity index is 1.66. The Labute approximate surface area is 104 Å². The van der Waals surface area contributed by atoms with E-state index < -0.39 is 0 Å². The van der Waals surface area contributed by atoms with E-state index in [1.165, 1.54) is 31.2 Å². The van der Waals surface area contributed by atoms with Crippen LogP contribution in [0.25, 0.3) is 0 Å². The minimum Gasteiger partial charge on any atom is -0.492 e. The normalized spacial score (nSPS) is 16.3. The lowest BCUT2D eigenvalue weighted by Crippen LogP contribution is -2.30. The van der Waals surface area contributed by atoms with Crippen molar-refractivity contribution in [3.8, 4) is 5.75 Å². The van der Waals surface area contributed by atoms with Crippen LogP contribution in [0, 0.1) is 0 Å². The van der Waals surface area contributed by atoms with Gasteiger partial charge in [0.05, 0.1) is 0 Å². The Morgan fingerprint density at radius 3 is 2.88 bits per heavy atom. The second-order valence-electron chi connectivity index (χ2n) is 4.78. The smallest absolute Gasteiger partial charge is 0.119 e. The number of rotatable bonds is 6. The lowest BCUT2D eigenvalue weighted by molar-refractivity contribution is 0.305. The molecule has 1 fully saturated rings. The van der Waals surface area contributed by atoms with Gasteiger partial charge in [-0.2, -0.15) is 0 Å². The Morgan fingerprint density at radius 2 is 2.12 bits per heavy atom. The predicted molar refractivity (Wildman–Crippen MR) is 71.6 cm³/mol. The molecule has 0 bridgehead atoms. The summed E-state index contributed by atoms with van der Waals surface area (Å²) in [6.45, 7) is 3.89.